The van der Waals surface area contributed by atoms with Gasteiger partial charge in [0.2, 0.25) is 0 Å². The Bertz CT molecular complexity index is 908. The molecular formula is C18H17N3O3P+. The number of nitrogens with one attached hydrogen (secondary N) is 1. The minimum Gasteiger partial charge on any atom is -0.303 e. The zero-order valence-electron chi connectivity index (χ0n) is 13.8. The van der Waals surface area contributed by atoms with Gasteiger partial charge in [-0.1, -0.05) is 36.4 Å². The van der Waals surface area contributed by atoms with Crippen molar-refractivity contribution in [2.45, 2.75) is 6.92 Å². The second-order valence-corrected chi connectivity index (χ2v) is 6.62. The van der Waals surface area contributed by atoms with Crippen molar-refractivity contribution in [2.75, 3.05) is 12.4 Å². The zero-order valence-corrected chi connectivity index (χ0v) is 14.7. The van der Waals surface area contributed by atoms with Gasteiger partial charge in [0.25, 0.3) is 11.2 Å². The monoisotopic (exact) mass is 354 g/mol. The molecule has 3 aromatic rings. The molecule has 0 spiro atoms. The van der Waals surface area contributed by atoms with Crippen molar-refractivity contribution >= 4 is 25.1 Å². The first kappa shape index (κ1) is 17.0. The highest BCUT2D eigenvalue weighted by molar-refractivity contribution is 7.49. The predicted octanol–water partition coefficient (Wildman–Crippen LogP) is 3.45. The smallest absolute Gasteiger partial charge is 0.303 e. The summed E-state index contributed by atoms with van der Waals surface area (Å²) in [5.74, 6) is 0.0407. The van der Waals surface area contributed by atoms with Crippen molar-refractivity contribution in [1.82, 2.24) is 9.78 Å². The Kier molecular flexibility index (Phi) is 5.03. The van der Waals surface area contributed by atoms with Crippen molar-refractivity contribution < 1.29 is 13.9 Å². The van der Waals surface area contributed by atoms with E-state index in [0.29, 0.717) is 22.4 Å². The van der Waals surface area contributed by atoms with E-state index < -0.39 is 8.03 Å². The number of benzene rings is 2. The largest absolute Gasteiger partial charge is 0.554 e. The van der Waals surface area contributed by atoms with Gasteiger partial charge < -0.3 is 5.32 Å². The van der Waals surface area contributed by atoms with Crippen LogP contribution in [0, 0.1) is 6.92 Å². The second kappa shape index (κ2) is 7.38. The quantitative estimate of drug-likeness (QED) is 0.712. The third kappa shape index (κ3) is 3.50. The topological polar surface area (TPSA) is 73.2 Å². The number of amides is 1. The van der Waals surface area contributed by atoms with E-state index in [1.54, 1.807) is 35.9 Å². The van der Waals surface area contributed by atoms with E-state index in [4.69, 9.17) is 4.52 Å². The van der Waals surface area contributed by atoms with Crippen LogP contribution in [0.2, 0.25) is 0 Å². The van der Waals surface area contributed by atoms with Gasteiger partial charge >= 0.3 is 8.03 Å². The van der Waals surface area contributed by atoms with Gasteiger partial charge in [0.15, 0.2) is 5.82 Å². The van der Waals surface area contributed by atoms with Crippen LogP contribution in [-0.2, 0) is 9.09 Å². The molecule has 1 atom stereocenters. The predicted molar refractivity (Wildman–Crippen MR) is 96.9 cm³/mol. The first-order valence-electron chi connectivity index (χ1n) is 7.64. The van der Waals surface area contributed by atoms with E-state index in [-0.39, 0.29) is 5.91 Å². The Balaban J connectivity index is 2.09. The summed E-state index contributed by atoms with van der Waals surface area (Å²) in [5.41, 5.74) is 1.79. The SMILES string of the molecule is CO[P+](=O)c1c(C)nn(-c2ccccc2)c1NC(=O)c1ccccc1. The number of para-hydroxylation sites is 1. The molecule has 2 aromatic carbocycles. The molecule has 25 heavy (non-hydrogen) atoms. The number of aryl methyl sites for hydroxylation is 1. The van der Waals surface area contributed by atoms with Gasteiger partial charge in [-0.3, -0.25) is 4.79 Å². The Morgan fingerprint density at radius 3 is 2.28 bits per heavy atom. The molecule has 1 unspecified atom stereocenters. The summed E-state index contributed by atoms with van der Waals surface area (Å²) < 4.78 is 18.9. The van der Waals surface area contributed by atoms with Gasteiger partial charge in [-0.2, -0.15) is 5.10 Å². The highest BCUT2D eigenvalue weighted by atomic mass is 31.1. The lowest BCUT2D eigenvalue weighted by Crippen LogP contribution is -2.19. The average Bonchev–Trinajstić information content (AvgIpc) is 2.98. The van der Waals surface area contributed by atoms with Gasteiger partial charge in [-0.15, -0.1) is 4.52 Å². The first-order chi connectivity index (χ1) is 12.1. The van der Waals surface area contributed by atoms with Crippen molar-refractivity contribution in [3.63, 3.8) is 0 Å². The lowest BCUT2D eigenvalue weighted by molar-refractivity contribution is 0.102. The number of hydrogen-bond acceptors (Lipinski definition) is 4. The Morgan fingerprint density at radius 2 is 1.68 bits per heavy atom. The Hall–Kier alpha value is -2.82. The van der Waals surface area contributed by atoms with E-state index in [9.17, 15) is 9.36 Å². The van der Waals surface area contributed by atoms with Crippen LogP contribution in [0.15, 0.2) is 60.7 Å². The van der Waals surface area contributed by atoms with Crippen molar-refractivity contribution in [3.05, 3.63) is 71.9 Å². The summed E-state index contributed by atoms with van der Waals surface area (Å²) in [6.07, 6.45) is 0. The van der Waals surface area contributed by atoms with E-state index in [0.717, 1.165) is 5.69 Å². The van der Waals surface area contributed by atoms with Gasteiger partial charge in [-0.25, -0.2) is 4.68 Å². The summed E-state index contributed by atoms with van der Waals surface area (Å²) in [4.78, 5) is 12.6. The number of hydrogen-bond donors (Lipinski definition) is 1. The molecule has 7 heteroatoms. The molecule has 1 amide bonds. The van der Waals surface area contributed by atoms with Crippen LogP contribution < -0.4 is 10.6 Å². The highest BCUT2D eigenvalue weighted by Crippen LogP contribution is 2.29. The van der Waals surface area contributed by atoms with Gasteiger partial charge in [0.05, 0.1) is 12.8 Å². The van der Waals surface area contributed by atoms with Crippen LogP contribution in [0.25, 0.3) is 5.69 Å². The molecule has 0 aliphatic rings. The molecule has 126 valence electrons. The van der Waals surface area contributed by atoms with E-state index in [1.165, 1.54) is 7.11 Å². The number of carbonyl (C=O) groups excluding carboxylic acids is 1. The maximum absolute atomic E-state index is 12.6. The van der Waals surface area contributed by atoms with Crippen LogP contribution >= 0.6 is 8.03 Å². The molecule has 1 heterocycles. The minimum absolute atomic E-state index is 0.307. The molecule has 0 bridgehead atoms. The molecule has 1 N–H and O–H groups in total. The Labute approximate surface area is 146 Å². The number of aromatic nitrogens is 2. The van der Waals surface area contributed by atoms with E-state index >= 15 is 0 Å². The second-order valence-electron chi connectivity index (χ2n) is 5.29. The third-order valence-electron chi connectivity index (χ3n) is 3.65. The fourth-order valence-electron chi connectivity index (χ4n) is 2.47. The summed E-state index contributed by atoms with van der Waals surface area (Å²) in [5, 5.41) is 7.64. The third-order valence-corrected chi connectivity index (χ3v) is 4.88. The molecular weight excluding hydrogens is 337 g/mol. The summed E-state index contributed by atoms with van der Waals surface area (Å²) in [7, 11) is -0.770. The Morgan fingerprint density at radius 1 is 1.08 bits per heavy atom. The fraction of sp³-hybridized carbons (Fsp3) is 0.111. The first-order valence-corrected chi connectivity index (χ1v) is 8.82. The molecule has 0 fully saturated rings. The molecule has 0 saturated carbocycles. The lowest BCUT2D eigenvalue weighted by Gasteiger charge is -2.08. The van der Waals surface area contributed by atoms with Crippen molar-refractivity contribution in [1.29, 1.82) is 0 Å². The van der Waals surface area contributed by atoms with Crippen LogP contribution in [-0.4, -0.2) is 22.8 Å². The average molecular weight is 354 g/mol. The molecule has 3 rings (SSSR count). The van der Waals surface area contributed by atoms with Gasteiger partial charge in [0.1, 0.15) is 5.69 Å². The molecule has 0 aliphatic heterocycles. The van der Waals surface area contributed by atoms with E-state index in [2.05, 4.69) is 10.4 Å². The van der Waals surface area contributed by atoms with Crippen LogP contribution in [0.4, 0.5) is 5.82 Å². The van der Waals surface area contributed by atoms with Crippen LogP contribution in [0.5, 0.6) is 0 Å². The zero-order chi connectivity index (χ0) is 17.8. The summed E-state index contributed by atoms with van der Waals surface area (Å²) >= 11 is 0. The maximum Gasteiger partial charge on any atom is 0.554 e. The van der Waals surface area contributed by atoms with Crippen LogP contribution in [0.3, 0.4) is 0 Å². The standard InChI is InChI=1S/C18H16N3O3P/c1-13-16(25(23)24-2)17(19-18(22)14-9-5-3-6-10-14)21(20-13)15-11-7-4-8-12-15/h3-12H,1-2H3/p+1. The molecule has 0 radical (unpaired) electrons. The molecule has 1 aromatic heterocycles. The fourth-order valence-corrected chi connectivity index (χ4v) is 3.28. The highest BCUT2D eigenvalue weighted by Gasteiger charge is 2.34. The number of anilines is 1. The van der Waals surface area contributed by atoms with Gasteiger partial charge in [0, 0.05) is 5.56 Å². The summed E-state index contributed by atoms with van der Waals surface area (Å²) in [6.45, 7) is 1.74. The van der Waals surface area contributed by atoms with Crippen LogP contribution in [0.1, 0.15) is 16.1 Å². The maximum atomic E-state index is 12.6. The minimum atomic E-state index is -2.13. The normalized spacial score (nSPS) is 11.2. The van der Waals surface area contributed by atoms with Gasteiger partial charge in [-0.05, 0) is 35.8 Å². The molecule has 6 nitrogen and oxygen atoms in total. The van der Waals surface area contributed by atoms with Crippen molar-refractivity contribution in [3.8, 4) is 5.69 Å². The number of nitrogens with zero attached hydrogens (tertiary/aromatic N) is 2. The molecule has 0 saturated heterocycles. The van der Waals surface area contributed by atoms with Crippen molar-refractivity contribution in [2.24, 2.45) is 0 Å². The number of rotatable bonds is 5. The lowest BCUT2D eigenvalue weighted by atomic mass is 10.2. The van der Waals surface area contributed by atoms with E-state index in [1.807, 2.05) is 36.4 Å². The number of carbonyl (C=O) groups is 1. The molecule has 0 aliphatic carbocycles. The summed E-state index contributed by atoms with van der Waals surface area (Å²) in [6, 6.07) is 18.2.